The summed E-state index contributed by atoms with van der Waals surface area (Å²) >= 11 is 1.42. The van der Waals surface area contributed by atoms with Crippen molar-refractivity contribution in [2.24, 2.45) is 5.92 Å². The van der Waals surface area contributed by atoms with Crippen LogP contribution in [0.5, 0.6) is 5.75 Å². The van der Waals surface area contributed by atoms with Crippen molar-refractivity contribution in [3.8, 4) is 5.75 Å². The van der Waals surface area contributed by atoms with Crippen molar-refractivity contribution in [2.75, 3.05) is 30.4 Å². The molecule has 0 spiro atoms. The third-order valence-electron chi connectivity index (χ3n) is 6.44. The first kappa shape index (κ1) is 23.1. The highest BCUT2D eigenvalue weighted by molar-refractivity contribution is 7.17. The molecule has 0 aliphatic carbocycles. The number of methoxy groups -OCH3 is 1. The van der Waals surface area contributed by atoms with Crippen LogP contribution in [0.2, 0.25) is 0 Å². The van der Waals surface area contributed by atoms with Crippen LogP contribution < -0.4 is 20.5 Å². The molecule has 4 aromatic rings. The number of thiophene rings is 1. The monoisotopic (exact) mass is 488 g/mol. The molecule has 1 fully saturated rings. The molecule has 3 heterocycles. The maximum Gasteiger partial charge on any atom is 0.273 e. The Hall–Kier alpha value is -3.65. The SMILES string of the molecule is COc1ccc(NC(=O)[C@H]2CCCN(c3nc4ccsc4c(=O)n3Cc3ccc(C)cc3)C2)cc1. The second kappa shape index (κ2) is 9.92. The topological polar surface area (TPSA) is 76.5 Å². The zero-order valence-electron chi connectivity index (χ0n) is 19.9. The second-order valence-electron chi connectivity index (χ2n) is 8.93. The molecule has 0 radical (unpaired) electrons. The van der Waals surface area contributed by atoms with Crippen LogP contribution in [-0.2, 0) is 11.3 Å². The van der Waals surface area contributed by atoms with Gasteiger partial charge in [-0.2, -0.15) is 0 Å². The number of aryl methyl sites for hydroxylation is 1. The van der Waals surface area contributed by atoms with E-state index in [1.807, 2.05) is 54.8 Å². The number of anilines is 2. The first-order valence-corrected chi connectivity index (χ1v) is 12.6. The molecule has 0 bridgehead atoms. The summed E-state index contributed by atoms with van der Waals surface area (Å²) in [5.74, 6) is 1.15. The second-order valence-corrected chi connectivity index (χ2v) is 9.84. The molecular weight excluding hydrogens is 460 g/mol. The highest BCUT2D eigenvalue weighted by Gasteiger charge is 2.29. The van der Waals surface area contributed by atoms with Gasteiger partial charge in [-0.05, 0) is 61.0 Å². The Morgan fingerprint density at radius 2 is 1.91 bits per heavy atom. The molecule has 8 heteroatoms. The fraction of sp³-hybridized carbons (Fsp3) is 0.296. The third kappa shape index (κ3) is 4.93. The van der Waals surface area contributed by atoms with E-state index in [2.05, 4.69) is 22.3 Å². The minimum atomic E-state index is -0.200. The minimum Gasteiger partial charge on any atom is -0.497 e. The summed E-state index contributed by atoms with van der Waals surface area (Å²) in [6.07, 6.45) is 1.64. The van der Waals surface area contributed by atoms with Crippen LogP contribution in [0.4, 0.5) is 11.6 Å². The van der Waals surface area contributed by atoms with Crippen molar-refractivity contribution in [3.63, 3.8) is 0 Å². The summed E-state index contributed by atoms with van der Waals surface area (Å²) in [5.41, 5.74) is 3.63. The van der Waals surface area contributed by atoms with Gasteiger partial charge in [0.25, 0.3) is 5.56 Å². The maximum absolute atomic E-state index is 13.5. The largest absolute Gasteiger partial charge is 0.497 e. The molecule has 1 aliphatic rings. The van der Waals surface area contributed by atoms with Gasteiger partial charge in [0.05, 0.1) is 25.1 Å². The summed E-state index contributed by atoms with van der Waals surface area (Å²) in [6.45, 7) is 3.75. The third-order valence-corrected chi connectivity index (χ3v) is 7.33. The molecule has 1 atom stereocenters. The number of benzene rings is 2. The Morgan fingerprint density at radius 1 is 1.14 bits per heavy atom. The predicted octanol–water partition coefficient (Wildman–Crippen LogP) is 4.68. The van der Waals surface area contributed by atoms with Crippen molar-refractivity contribution < 1.29 is 9.53 Å². The molecule has 5 rings (SSSR count). The van der Waals surface area contributed by atoms with Crippen LogP contribution in [0.15, 0.2) is 64.8 Å². The number of nitrogens with one attached hydrogen (secondary N) is 1. The number of fused-ring (bicyclic) bond motifs is 1. The van der Waals surface area contributed by atoms with E-state index in [0.29, 0.717) is 29.3 Å². The van der Waals surface area contributed by atoms with E-state index in [0.717, 1.165) is 36.4 Å². The van der Waals surface area contributed by atoms with Crippen LogP contribution in [-0.4, -0.2) is 35.7 Å². The van der Waals surface area contributed by atoms with Crippen LogP contribution in [0.1, 0.15) is 24.0 Å². The fourth-order valence-corrected chi connectivity index (χ4v) is 5.26. The molecule has 7 nitrogen and oxygen atoms in total. The van der Waals surface area contributed by atoms with Crippen molar-refractivity contribution >= 4 is 39.1 Å². The Bertz CT molecular complexity index is 1390. The van der Waals surface area contributed by atoms with Crippen LogP contribution in [0, 0.1) is 12.8 Å². The number of carbonyl (C=O) groups excluding carboxylic acids is 1. The van der Waals surface area contributed by atoms with E-state index in [1.165, 1.54) is 16.9 Å². The van der Waals surface area contributed by atoms with E-state index in [-0.39, 0.29) is 17.4 Å². The number of piperidine rings is 1. The molecule has 180 valence electrons. The molecule has 1 saturated heterocycles. The molecule has 1 N–H and O–H groups in total. The van der Waals surface area contributed by atoms with E-state index in [1.54, 1.807) is 11.7 Å². The molecule has 0 unspecified atom stereocenters. The quantitative estimate of drug-likeness (QED) is 0.427. The molecule has 1 aliphatic heterocycles. The van der Waals surface area contributed by atoms with Gasteiger partial charge in [-0.25, -0.2) is 4.98 Å². The lowest BCUT2D eigenvalue weighted by atomic mass is 9.97. The van der Waals surface area contributed by atoms with E-state index in [4.69, 9.17) is 9.72 Å². The summed E-state index contributed by atoms with van der Waals surface area (Å²) in [7, 11) is 1.62. The standard InChI is InChI=1S/C27H28N4O3S/c1-18-5-7-19(8-6-18)16-31-26(33)24-23(13-15-35-24)29-27(31)30-14-3-4-20(17-30)25(32)28-21-9-11-22(34-2)12-10-21/h5-13,15,20H,3-4,14,16-17H2,1-2H3,(H,28,32)/t20-/m0/s1. The van der Waals surface area contributed by atoms with Gasteiger partial charge in [-0.15, -0.1) is 11.3 Å². The zero-order chi connectivity index (χ0) is 24.4. The number of hydrogen-bond acceptors (Lipinski definition) is 6. The van der Waals surface area contributed by atoms with Gasteiger partial charge in [-0.1, -0.05) is 29.8 Å². The van der Waals surface area contributed by atoms with Gasteiger partial charge >= 0.3 is 0 Å². The number of ether oxygens (including phenoxy) is 1. The highest BCUT2D eigenvalue weighted by atomic mass is 32.1. The van der Waals surface area contributed by atoms with E-state index >= 15 is 0 Å². The maximum atomic E-state index is 13.5. The van der Waals surface area contributed by atoms with E-state index in [9.17, 15) is 9.59 Å². The van der Waals surface area contributed by atoms with Gasteiger partial charge in [0, 0.05) is 18.8 Å². The Morgan fingerprint density at radius 3 is 2.66 bits per heavy atom. The Balaban J connectivity index is 1.41. The summed E-state index contributed by atoms with van der Waals surface area (Å²) < 4.78 is 7.61. The van der Waals surface area contributed by atoms with Crippen LogP contribution >= 0.6 is 11.3 Å². The van der Waals surface area contributed by atoms with Crippen molar-refractivity contribution in [1.29, 1.82) is 0 Å². The highest BCUT2D eigenvalue weighted by Crippen LogP contribution is 2.26. The number of nitrogens with zero attached hydrogens (tertiary/aromatic N) is 3. The van der Waals surface area contributed by atoms with Crippen LogP contribution in [0.3, 0.4) is 0 Å². The average molecular weight is 489 g/mol. The van der Waals surface area contributed by atoms with Gasteiger partial charge in [0.15, 0.2) is 0 Å². The fourth-order valence-electron chi connectivity index (χ4n) is 4.48. The molecular formula is C27H28N4O3S. The molecule has 0 saturated carbocycles. The van der Waals surface area contributed by atoms with E-state index < -0.39 is 0 Å². The first-order chi connectivity index (χ1) is 17.0. The van der Waals surface area contributed by atoms with Crippen molar-refractivity contribution in [2.45, 2.75) is 26.3 Å². The molecule has 2 aromatic carbocycles. The van der Waals surface area contributed by atoms with Gasteiger partial charge in [-0.3, -0.25) is 14.2 Å². The van der Waals surface area contributed by atoms with Crippen LogP contribution in [0.25, 0.3) is 10.2 Å². The van der Waals surface area contributed by atoms with Crippen molar-refractivity contribution in [1.82, 2.24) is 9.55 Å². The number of aromatic nitrogens is 2. The number of hydrogen-bond donors (Lipinski definition) is 1. The smallest absolute Gasteiger partial charge is 0.273 e. The zero-order valence-corrected chi connectivity index (χ0v) is 20.7. The molecule has 1 amide bonds. The average Bonchev–Trinajstić information content (AvgIpc) is 3.36. The number of carbonyl (C=O) groups is 1. The van der Waals surface area contributed by atoms with Gasteiger partial charge in [0.2, 0.25) is 11.9 Å². The lowest BCUT2D eigenvalue weighted by Gasteiger charge is -2.34. The minimum absolute atomic E-state index is 0.0242. The Labute approximate surface area is 208 Å². The number of rotatable bonds is 6. The summed E-state index contributed by atoms with van der Waals surface area (Å²) in [4.78, 5) is 33.5. The summed E-state index contributed by atoms with van der Waals surface area (Å²) in [5, 5.41) is 4.93. The normalized spacial score (nSPS) is 15.8. The molecule has 2 aromatic heterocycles. The number of amides is 1. The molecule has 35 heavy (non-hydrogen) atoms. The predicted molar refractivity (Wildman–Crippen MR) is 141 cm³/mol. The lowest BCUT2D eigenvalue weighted by molar-refractivity contribution is -0.120. The van der Waals surface area contributed by atoms with Gasteiger partial charge < -0.3 is 15.0 Å². The van der Waals surface area contributed by atoms with Gasteiger partial charge in [0.1, 0.15) is 10.4 Å². The summed E-state index contributed by atoms with van der Waals surface area (Å²) in [6, 6.07) is 17.4. The Kier molecular flexibility index (Phi) is 6.55. The lowest BCUT2D eigenvalue weighted by Crippen LogP contribution is -2.43. The first-order valence-electron chi connectivity index (χ1n) is 11.8. The van der Waals surface area contributed by atoms with Crippen molar-refractivity contribution in [3.05, 3.63) is 81.5 Å².